The molecule has 1 amide bonds. The highest BCUT2D eigenvalue weighted by molar-refractivity contribution is 5.82. The topological polar surface area (TPSA) is 41.6 Å². The molecule has 94 valence electrons. The van der Waals surface area contributed by atoms with Crippen LogP contribution in [-0.4, -0.2) is 49.7 Å². The maximum atomic E-state index is 11.9. The SMILES string of the molecule is CCC1NCCN(CCOCC(C)C)C1=O. The summed E-state index contributed by atoms with van der Waals surface area (Å²) in [5, 5.41) is 3.23. The van der Waals surface area contributed by atoms with Crippen molar-refractivity contribution in [2.24, 2.45) is 5.92 Å². The molecule has 1 saturated heterocycles. The second kappa shape index (κ2) is 6.86. The van der Waals surface area contributed by atoms with Crippen LogP contribution < -0.4 is 5.32 Å². The molecule has 1 fully saturated rings. The number of carbonyl (C=O) groups is 1. The molecule has 0 radical (unpaired) electrons. The number of hydrogen-bond donors (Lipinski definition) is 1. The van der Waals surface area contributed by atoms with Gasteiger partial charge in [-0.3, -0.25) is 4.79 Å². The first-order valence-corrected chi connectivity index (χ1v) is 6.25. The van der Waals surface area contributed by atoms with E-state index in [9.17, 15) is 4.79 Å². The average Bonchev–Trinajstić information content (AvgIpc) is 2.26. The molecule has 0 aromatic rings. The summed E-state index contributed by atoms with van der Waals surface area (Å²) in [6, 6.07) is 0.0128. The largest absolute Gasteiger partial charge is 0.379 e. The fourth-order valence-corrected chi connectivity index (χ4v) is 1.83. The third kappa shape index (κ3) is 4.10. The molecular weight excluding hydrogens is 204 g/mol. The Kier molecular flexibility index (Phi) is 5.77. The van der Waals surface area contributed by atoms with Crippen LogP contribution in [-0.2, 0) is 9.53 Å². The van der Waals surface area contributed by atoms with Crippen molar-refractivity contribution in [1.82, 2.24) is 10.2 Å². The zero-order valence-corrected chi connectivity index (χ0v) is 10.7. The van der Waals surface area contributed by atoms with E-state index in [-0.39, 0.29) is 11.9 Å². The fourth-order valence-electron chi connectivity index (χ4n) is 1.83. The minimum absolute atomic E-state index is 0.0128. The Hall–Kier alpha value is -0.610. The van der Waals surface area contributed by atoms with Gasteiger partial charge in [0, 0.05) is 26.2 Å². The summed E-state index contributed by atoms with van der Waals surface area (Å²) >= 11 is 0. The Morgan fingerprint density at radius 1 is 1.56 bits per heavy atom. The van der Waals surface area contributed by atoms with Gasteiger partial charge in [0.05, 0.1) is 12.6 Å². The van der Waals surface area contributed by atoms with Gasteiger partial charge >= 0.3 is 0 Å². The summed E-state index contributed by atoms with van der Waals surface area (Å²) in [7, 11) is 0. The first-order chi connectivity index (χ1) is 7.65. The molecule has 1 aliphatic heterocycles. The van der Waals surface area contributed by atoms with Crippen LogP contribution in [0.15, 0.2) is 0 Å². The number of nitrogens with zero attached hydrogens (tertiary/aromatic N) is 1. The zero-order valence-electron chi connectivity index (χ0n) is 10.7. The average molecular weight is 228 g/mol. The number of rotatable bonds is 6. The minimum atomic E-state index is 0.0128. The van der Waals surface area contributed by atoms with Gasteiger partial charge in [0.2, 0.25) is 5.91 Å². The molecule has 0 saturated carbocycles. The number of amides is 1. The molecule has 0 spiro atoms. The minimum Gasteiger partial charge on any atom is -0.379 e. The van der Waals surface area contributed by atoms with E-state index in [1.807, 2.05) is 11.8 Å². The van der Waals surface area contributed by atoms with Crippen molar-refractivity contribution in [3.63, 3.8) is 0 Å². The van der Waals surface area contributed by atoms with Gasteiger partial charge in [-0.2, -0.15) is 0 Å². The maximum Gasteiger partial charge on any atom is 0.239 e. The van der Waals surface area contributed by atoms with Crippen molar-refractivity contribution < 1.29 is 9.53 Å². The Balaban J connectivity index is 2.22. The molecule has 16 heavy (non-hydrogen) atoms. The fraction of sp³-hybridized carbons (Fsp3) is 0.917. The van der Waals surface area contributed by atoms with Gasteiger partial charge in [-0.1, -0.05) is 20.8 Å². The Morgan fingerprint density at radius 3 is 2.94 bits per heavy atom. The van der Waals surface area contributed by atoms with Crippen molar-refractivity contribution in [2.75, 3.05) is 32.8 Å². The molecule has 1 atom stereocenters. The van der Waals surface area contributed by atoms with Crippen molar-refractivity contribution in [3.05, 3.63) is 0 Å². The standard InChI is InChI=1S/C12H24N2O2/c1-4-11-12(15)14(6-5-13-11)7-8-16-9-10(2)3/h10-11,13H,4-9H2,1-3H3. The van der Waals surface area contributed by atoms with E-state index in [1.54, 1.807) is 0 Å². The lowest BCUT2D eigenvalue weighted by Gasteiger charge is -2.32. The van der Waals surface area contributed by atoms with Crippen LogP contribution in [0.3, 0.4) is 0 Å². The molecule has 1 heterocycles. The summed E-state index contributed by atoms with van der Waals surface area (Å²) in [4.78, 5) is 13.8. The van der Waals surface area contributed by atoms with Crippen LogP contribution in [0.25, 0.3) is 0 Å². The highest BCUT2D eigenvalue weighted by atomic mass is 16.5. The van der Waals surface area contributed by atoms with Crippen LogP contribution >= 0.6 is 0 Å². The van der Waals surface area contributed by atoms with Gasteiger partial charge in [0.15, 0.2) is 0 Å². The summed E-state index contributed by atoms with van der Waals surface area (Å²) in [6.45, 7) is 10.1. The number of ether oxygens (including phenoxy) is 1. The van der Waals surface area contributed by atoms with Gasteiger partial charge in [0.1, 0.15) is 0 Å². The van der Waals surface area contributed by atoms with Crippen molar-refractivity contribution in [1.29, 1.82) is 0 Å². The number of carbonyl (C=O) groups excluding carboxylic acids is 1. The molecule has 4 nitrogen and oxygen atoms in total. The molecule has 1 rings (SSSR count). The van der Waals surface area contributed by atoms with E-state index in [0.29, 0.717) is 12.5 Å². The van der Waals surface area contributed by atoms with Crippen LogP contribution in [0.2, 0.25) is 0 Å². The number of hydrogen-bond acceptors (Lipinski definition) is 3. The molecule has 0 aliphatic carbocycles. The normalized spacial score (nSPS) is 21.9. The van der Waals surface area contributed by atoms with Crippen LogP contribution in [0.5, 0.6) is 0 Å². The first kappa shape index (κ1) is 13.5. The highest BCUT2D eigenvalue weighted by Gasteiger charge is 2.26. The Labute approximate surface area is 98.3 Å². The van der Waals surface area contributed by atoms with Gasteiger partial charge < -0.3 is 15.0 Å². The van der Waals surface area contributed by atoms with Crippen molar-refractivity contribution in [2.45, 2.75) is 33.2 Å². The van der Waals surface area contributed by atoms with Crippen molar-refractivity contribution >= 4 is 5.91 Å². The molecule has 0 aromatic heterocycles. The van der Waals surface area contributed by atoms with Gasteiger partial charge in [-0.15, -0.1) is 0 Å². The summed E-state index contributed by atoms with van der Waals surface area (Å²) in [5.74, 6) is 0.781. The third-order valence-electron chi connectivity index (χ3n) is 2.75. The van der Waals surface area contributed by atoms with E-state index >= 15 is 0 Å². The summed E-state index contributed by atoms with van der Waals surface area (Å²) < 4.78 is 5.50. The predicted molar refractivity (Wildman–Crippen MR) is 64.3 cm³/mol. The lowest BCUT2D eigenvalue weighted by molar-refractivity contribution is -0.136. The van der Waals surface area contributed by atoms with E-state index < -0.39 is 0 Å². The Morgan fingerprint density at radius 2 is 2.31 bits per heavy atom. The highest BCUT2D eigenvalue weighted by Crippen LogP contribution is 2.04. The molecule has 0 aromatic carbocycles. The van der Waals surface area contributed by atoms with Gasteiger partial charge in [-0.05, 0) is 12.3 Å². The molecule has 1 N–H and O–H groups in total. The van der Waals surface area contributed by atoms with Gasteiger partial charge in [0.25, 0.3) is 0 Å². The quantitative estimate of drug-likeness (QED) is 0.686. The van der Waals surface area contributed by atoms with Gasteiger partial charge in [-0.25, -0.2) is 0 Å². The van der Waals surface area contributed by atoms with Crippen molar-refractivity contribution in [3.8, 4) is 0 Å². The monoisotopic (exact) mass is 228 g/mol. The second-order valence-corrected chi connectivity index (χ2v) is 4.71. The van der Waals surface area contributed by atoms with Crippen LogP contribution in [0, 0.1) is 5.92 Å². The molecular formula is C12H24N2O2. The zero-order chi connectivity index (χ0) is 12.0. The second-order valence-electron chi connectivity index (χ2n) is 4.71. The molecule has 0 bridgehead atoms. The maximum absolute atomic E-state index is 11.9. The smallest absolute Gasteiger partial charge is 0.239 e. The van der Waals surface area contributed by atoms with Crippen LogP contribution in [0.4, 0.5) is 0 Å². The summed E-state index contributed by atoms with van der Waals surface area (Å²) in [5.41, 5.74) is 0. The Bertz CT molecular complexity index is 219. The van der Waals surface area contributed by atoms with E-state index in [2.05, 4.69) is 19.2 Å². The van der Waals surface area contributed by atoms with E-state index in [0.717, 1.165) is 32.7 Å². The molecule has 1 unspecified atom stereocenters. The lowest BCUT2D eigenvalue weighted by Crippen LogP contribution is -2.55. The first-order valence-electron chi connectivity index (χ1n) is 6.25. The predicted octanol–water partition coefficient (Wildman–Crippen LogP) is 0.869. The van der Waals surface area contributed by atoms with Crippen LogP contribution in [0.1, 0.15) is 27.2 Å². The number of piperazine rings is 1. The molecule has 4 heteroatoms. The van der Waals surface area contributed by atoms with E-state index in [4.69, 9.17) is 4.74 Å². The number of nitrogens with one attached hydrogen (secondary N) is 1. The molecule has 1 aliphatic rings. The lowest BCUT2D eigenvalue weighted by atomic mass is 10.1. The summed E-state index contributed by atoms with van der Waals surface area (Å²) in [6.07, 6.45) is 0.863. The van der Waals surface area contributed by atoms with E-state index in [1.165, 1.54) is 0 Å². The third-order valence-corrected chi connectivity index (χ3v) is 2.75.